The molecule has 2 heterocycles. The maximum Gasteiger partial charge on any atom is 0.409 e. The van der Waals surface area contributed by atoms with E-state index in [9.17, 15) is 9.59 Å². The molecule has 0 radical (unpaired) electrons. The number of benzene rings is 1. The van der Waals surface area contributed by atoms with E-state index in [1.54, 1.807) is 11.8 Å². The number of amides is 2. The lowest BCUT2D eigenvalue weighted by atomic mass is 10.1. The number of hydrogen-bond donors (Lipinski definition) is 1. The van der Waals surface area contributed by atoms with Gasteiger partial charge in [0.1, 0.15) is 0 Å². The summed E-state index contributed by atoms with van der Waals surface area (Å²) in [4.78, 5) is 31.5. The van der Waals surface area contributed by atoms with Crippen molar-refractivity contribution >= 4 is 22.9 Å². The maximum absolute atomic E-state index is 13.0. The number of carbonyl (C=O) groups excluding carboxylic acids is 2. The van der Waals surface area contributed by atoms with Gasteiger partial charge in [-0.25, -0.2) is 4.79 Å². The fraction of sp³-hybridized carbons (Fsp3) is 0.444. The van der Waals surface area contributed by atoms with Crippen LogP contribution in [0.2, 0.25) is 0 Å². The third kappa shape index (κ3) is 2.84. The Morgan fingerprint density at radius 3 is 2.46 bits per heavy atom. The molecule has 0 atom stereocenters. The largest absolute Gasteiger partial charge is 0.450 e. The summed E-state index contributed by atoms with van der Waals surface area (Å²) in [5, 5.41) is 0.963. The van der Waals surface area contributed by atoms with Crippen molar-refractivity contribution in [3.63, 3.8) is 0 Å². The van der Waals surface area contributed by atoms with E-state index in [1.165, 1.54) is 0 Å². The quantitative estimate of drug-likeness (QED) is 0.921. The number of H-pyrrole nitrogens is 1. The molecule has 1 aliphatic rings. The molecule has 1 saturated heterocycles. The number of rotatable bonds is 2. The summed E-state index contributed by atoms with van der Waals surface area (Å²) in [6.45, 7) is 8.18. The van der Waals surface area contributed by atoms with Crippen LogP contribution >= 0.6 is 0 Å². The molecule has 3 rings (SSSR count). The van der Waals surface area contributed by atoms with E-state index in [1.807, 2.05) is 36.9 Å². The Morgan fingerprint density at radius 2 is 1.79 bits per heavy atom. The van der Waals surface area contributed by atoms with E-state index in [4.69, 9.17) is 4.74 Å². The Hall–Kier alpha value is -2.50. The molecule has 128 valence electrons. The lowest BCUT2D eigenvalue weighted by Gasteiger charge is -2.34. The molecule has 6 nitrogen and oxygen atoms in total. The second kappa shape index (κ2) is 6.55. The van der Waals surface area contributed by atoms with Crippen LogP contribution in [0.1, 0.15) is 28.5 Å². The smallest absolute Gasteiger partial charge is 0.409 e. The molecule has 1 aromatic carbocycles. The zero-order chi connectivity index (χ0) is 17.3. The highest BCUT2D eigenvalue weighted by Crippen LogP contribution is 2.26. The van der Waals surface area contributed by atoms with Crippen molar-refractivity contribution in [3.05, 3.63) is 35.0 Å². The molecule has 1 fully saturated rings. The molecule has 0 unspecified atom stereocenters. The second-order valence-corrected chi connectivity index (χ2v) is 6.10. The highest BCUT2D eigenvalue weighted by molar-refractivity contribution is 6.08. The molecule has 2 amide bonds. The van der Waals surface area contributed by atoms with Crippen LogP contribution in [-0.2, 0) is 4.74 Å². The first-order valence-corrected chi connectivity index (χ1v) is 8.31. The number of para-hydroxylation sites is 1. The summed E-state index contributed by atoms with van der Waals surface area (Å²) >= 11 is 0. The van der Waals surface area contributed by atoms with E-state index in [0.717, 1.165) is 27.7 Å². The summed E-state index contributed by atoms with van der Waals surface area (Å²) in [5.74, 6) is 0.0212. The minimum absolute atomic E-state index is 0.0212. The average Bonchev–Trinajstić information content (AvgIpc) is 2.92. The van der Waals surface area contributed by atoms with E-state index in [0.29, 0.717) is 32.8 Å². The third-order valence-electron chi connectivity index (χ3n) is 4.54. The number of nitrogens with one attached hydrogen (secondary N) is 1. The van der Waals surface area contributed by atoms with Gasteiger partial charge in [-0.2, -0.15) is 0 Å². The highest BCUT2D eigenvalue weighted by atomic mass is 16.6. The summed E-state index contributed by atoms with van der Waals surface area (Å²) in [6, 6.07) is 5.99. The van der Waals surface area contributed by atoms with E-state index >= 15 is 0 Å². The van der Waals surface area contributed by atoms with Crippen molar-refractivity contribution in [1.29, 1.82) is 0 Å². The van der Waals surface area contributed by atoms with Crippen LogP contribution in [0.3, 0.4) is 0 Å². The molecular weight excluding hydrogens is 306 g/mol. The average molecular weight is 329 g/mol. The molecule has 1 aliphatic heterocycles. The lowest BCUT2D eigenvalue weighted by Crippen LogP contribution is -2.50. The highest BCUT2D eigenvalue weighted by Gasteiger charge is 2.28. The summed E-state index contributed by atoms with van der Waals surface area (Å²) in [6.07, 6.45) is -0.302. The number of aromatic amines is 1. The minimum Gasteiger partial charge on any atom is -0.450 e. The maximum atomic E-state index is 13.0. The van der Waals surface area contributed by atoms with Gasteiger partial charge in [0.25, 0.3) is 5.91 Å². The van der Waals surface area contributed by atoms with Crippen LogP contribution in [0.4, 0.5) is 4.79 Å². The normalized spacial score (nSPS) is 15.0. The van der Waals surface area contributed by atoms with Gasteiger partial charge in [0.2, 0.25) is 0 Å². The SMILES string of the molecule is CCOC(=O)N1CCN(C(=O)c2c(C)[nH]c3c(C)cccc23)CC1. The number of aryl methyl sites for hydroxylation is 2. The third-order valence-corrected chi connectivity index (χ3v) is 4.54. The Labute approximate surface area is 141 Å². The van der Waals surface area contributed by atoms with Crippen LogP contribution in [0.25, 0.3) is 10.9 Å². The molecule has 0 bridgehead atoms. The first kappa shape index (κ1) is 16.4. The topological polar surface area (TPSA) is 65.6 Å². The minimum atomic E-state index is -0.302. The van der Waals surface area contributed by atoms with Crippen LogP contribution in [-0.4, -0.2) is 59.6 Å². The van der Waals surface area contributed by atoms with Gasteiger partial charge in [-0.1, -0.05) is 18.2 Å². The predicted octanol–water partition coefficient (Wildman–Crippen LogP) is 2.70. The molecule has 0 aliphatic carbocycles. The van der Waals surface area contributed by atoms with Crippen molar-refractivity contribution in [2.75, 3.05) is 32.8 Å². The molecule has 0 saturated carbocycles. The first-order valence-electron chi connectivity index (χ1n) is 8.31. The van der Waals surface area contributed by atoms with Gasteiger partial charge < -0.3 is 19.5 Å². The molecule has 0 spiro atoms. The number of fused-ring (bicyclic) bond motifs is 1. The zero-order valence-corrected chi connectivity index (χ0v) is 14.4. The number of hydrogen-bond acceptors (Lipinski definition) is 3. The van der Waals surface area contributed by atoms with E-state index in [-0.39, 0.29) is 12.0 Å². The van der Waals surface area contributed by atoms with Gasteiger partial charge in [0.05, 0.1) is 12.2 Å². The fourth-order valence-electron chi connectivity index (χ4n) is 3.23. The van der Waals surface area contributed by atoms with Crippen molar-refractivity contribution in [2.45, 2.75) is 20.8 Å². The van der Waals surface area contributed by atoms with Gasteiger partial charge >= 0.3 is 6.09 Å². The molecule has 6 heteroatoms. The Balaban J connectivity index is 1.78. The summed E-state index contributed by atoms with van der Waals surface area (Å²) in [5.41, 5.74) is 3.76. The molecular formula is C18H23N3O3. The molecule has 1 N–H and O–H groups in total. The summed E-state index contributed by atoms with van der Waals surface area (Å²) < 4.78 is 5.02. The van der Waals surface area contributed by atoms with Crippen molar-refractivity contribution < 1.29 is 14.3 Å². The Morgan fingerprint density at radius 1 is 1.12 bits per heavy atom. The Bertz CT molecular complexity index is 773. The Kier molecular flexibility index (Phi) is 4.46. The number of aromatic nitrogens is 1. The van der Waals surface area contributed by atoms with Crippen molar-refractivity contribution in [2.24, 2.45) is 0 Å². The van der Waals surface area contributed by atoms with Crippen molar-refractivity contribution in [3.8, 4) is 0 Å². The first-order chi connectivity index (χ1) is 11.5. The van der Waals surface area contributed by atoms with E-state index in [2.05, 4.69) is 4.98 Å². The van der Waals surface area contributed by atoms with Crippen LogP contribution in [0.15, 0.2) is 18.2 Å². The number of nitrogens with zero attached hydrogens (tertiary/aromatic N) is 2. The fourth-order valence-corrected chi connectivity index (χ4v) is 3.23. The van der Waals surface area contributed by atoms with Gasteiger partial charge in [0, 0.05) is 42.8 Å². The molecule has 2 aromatic rings. The second-order valence-electron chi connectivity index (χ2n) is 6.10. The molecule has 24 heavy (non-hydrogen) atoms. The summed E-state index contributed by atoms with van der Waals surface area (Å²) in [7, 11) is 0. The number of carbonyl (C=O) groups is 2. The van der Waals surface area contributed by atoms with Crippen molar-refractivity contribution in [1.82, 2.24) is 14.8 Å². The van der Waals surface area contributed by atoms with Crippen LogP contribution in [0.5, 0.6) is 0 Å². The number of piperazine rings is 1. The number of ether oxygens (including phenoxy) is 1. The lowest BCUT2D eigenvalue weighted by molar-refractivity contribution is 0.0571. The monoisotopic (exact) mass is 329 g/mol. The zero-order valence-electron chi connectivity index (χ0n) is 14.4. The predicted molar refractivity (Wildman–Crippen MR) is 92.3 cm³/mol. The molecule has 1 aromatic heterocycles. The van der Waals surface area contributed by atoms with Gasteiger partial charge in [-0.3, -0.25) is 4.79 Å². The van der Waals surface area contributed by atoms with Crippen LogP contribution in [0, 0.1) is 13.8 Å². The van der Waals surface area contributed by atoms with Gasteiger partial charge in [0.15, 0.2) is 0 Å². The van der Waals surface area contributed by atoms with Crippen LogP contribution < -0.4 is 0 Å². The van der Waals surface area contributed by atoms with E-state index < -0.39 is 0 Å². The standard InChI is InChI=1S/C18H23N3O3/c1-4-24-18(23)21-10-8-20(9-11-21)17(22)15-13(3)19-16-12(2)6-5-7-14(15)16/h5-7,19H,4,8-11H2,1-3H3. The van der Waals surface area contributed by atoms with Gasteiger partial charge in [-0.15, -0.1) is 0 Å². The van der Waals surface area contributed by atoms with Gasteiger partial charge in [-0.05, 0) is 26.3 Å².